The molecule has 1 aromatic carbocycles. The Balaban J connectivity index is 1.80. The van der Waals surface area contributed by atoms with Crippen LogP contribution in [-0.2, 0) is 13.0 Å². The average Bonchev–Trinajstić information content (AvgIpc) is 3.00. The lowest BCUT2D eigenvalue weighted by Gasteiger charge is -2.14. The van der Waals surface area contributed by atoms with E-state index in [0.29, 0.717) is 12.3 Å². The predicted molar refractivity (Wildman–Crippen MR) is 82.4 cm³/mol. The number of nitrogens with one attached hydrogen (secondary N) is 1. The SMILES string of the molecule is CN(CCc1ccccc1)Cc1cc(C(=O)NCCO)no1. The third-order valence-corrected chi connectivity index (χ3v) is 3.24. The fourth-order valence-electron chi connectivity index (χ4n) is 2.06. The summed E-state index contributed by atoms with van der Waals surface area (Å²) in [6, 6.07) is 11.9. The van der Waals surface area contributed by atoms with Crippen LogP contribution in [0, 0.1) is 0 Å². The van der Waals surface area contributed by atoms with Crippen LogP contribution in [0.1, 0.15) is 21.8 Å². The maximum absolute atomic E-state index is 11.7. The number of benzene rings is 1. The standard InChI is InChI=1S/C16H21N3O3/c1-19(9-7-13-5-3-2-4-6-13)12-14-11-15(18-22-14)16(21)17-8-10-20/h2-6,11,20H,7-10,12H2,1H3,(H,17,21). The molecule has 1 amide bonds. The van der Waals surface area contributed by atoms with Crippen molar-refractivity contribution in [3.8, 4) is 0 Å². The van der Waals surface area contributed by atoms with E-state index in [4.69, 9.17) is 9.63 Å². The molecule has 6 heteroatoms. The Bertz CT molecular complexity index is 583. The molecule has 0 aliphatic heterocycles. The summed E-state index contributed by atoms with van der Waals surface area (Å²) in [5.74, 6) is 0.306. The number of aliphatic hydroxyl groups is 1. The van der Waals surface area contributed by atoms with Crippen LogP contribution in [0.25, 0.3) is 0 Å². The zero-order chi connectivity index (χ0) is 15.8. The van der Waals surface area contributed by atoms with Gasteiger partial charge in [0, 0.05) is 19.2 Å². The van der Waals surface area contributed by atoms with Gasteiger partial charge in [0.1, 0.15) is 0 Å². The Morgan fingerprint density at radius 2 is 2.14 bits per heavy atom. The highest BCUT2D eigenvalue weighted by Crippen LogP contribution is 2.08. The molecule has 0 spiro atoms. The van der Waals surface area contributed by atoms with Gasteiger partial charge in [0.15, 0.2) is 11.5 Å². The number of hydrogen-bond donors (Lipinski definition) is 2. The normalized spacial score (nSPS) is 10.9. The van der Waals surface area contributed by atoms with Gasteiger partial charge in [-0.15, -0.1) is 0 Å². The monoisotopic (exact) mass is 303 g/mol. The molecule has 1 aromatic heterocycles. The van der Waals surface area contributed by atoms with Crippen molar-refractivity contribution < 1.29 is 14.4 Å². The highest BCUT2D eigenvalue weighted by atomic mass is 16.5. The van der Waals surface area contributed by atoms with Gasteiger partial charge < -0.3 is 14.9 Å². The van der Waals surface area contributed by atoms with Crippen LogP contribution in [0.4, 0.5) is 0 Å². The van der Waals surface area contributed by atoms with E-state index in [-0.39, 0.29) is 24.8 Å². The van der Waals surface area contributed by atoms with E-state index in [0.717, 1.165) is 13.0 Å². The van der Waals surface area contributed by atoms with E-state index in [1.165, 1.54) is 5.56 Å². The zero-order valence-corrected chi connectivity index (χ0v) is 12.7. The van der Waals surface area contributed by atoms with E-state index in [9.17, 15) is 4.79 Å². The van der Waals surface area contributed by atoms with E-state index < -0.39 is 0 Å². The van der Waals surface area contributed by atoms with Crippen molar-refractivity contribution in [2.24, 2.45) is 0 Å². The Hall–Kier alpha value is -2.18. The molecule has 118 valence electrons. The van der Waals surface area contributed by atoms with Crippen LogP contribution >= 0.6 is 0 Å². The van der Waals surface area contributed by atoms with Gasteiger partial charge in [0.25, 0.3) is 5.91 Å². The summed E-state index contributed by atoms with van der Waals surface area (Å²) in [5, 5.41) is 15.0. The van der Waals surface area contributed by atoms with Gasteiger partial charge >= 0.3 is 0 Å². The third-order valence-electron chi connectivity index (χ3n) is 3.24. The molecule has 1 heterocycles. The summed E-state index contributed by atoms with van der Waals surface area (Å²) in [6.45, 7) is 1.58. The molecule has 0 saturated heterocycles. The first-order valence-electron chi connectivity index (χ1n) is 7.26. The Kier molecular flexibility index (Phi) is 6.12. The lowest BCUT2D eigenvalue weighted by Crippen LogP contribution is -2.26. The summed E-state index contributed by atoms with van der Waals surface area (Å²) in [6.07, 6.45) is 0.954. The van der Waals surface area contributed by atoms with Crippen molar-refractivity contribution in [3.05, 3.63) is 53.4 Å². The average molecular weight is 303 g/mol. The molecule has 0 radical (unpaired) electrons. The van der Waals surface area contributed by atoms with Crippen LogP contribution in [-0.4, -0.2) is 47.8 Å². The van der Waals surface area contributed by atoms with Crippen LogP contribution in [0.15, 0.2) is 40.9 Å². The molecule has 0 aliphatic rings. The van der Waals surface area contributed by atoms with Crippen molar-refractivity contribution in [2.45, 2.75) is 13.0 Å². The first-order valence-corrected chi connectivity index (χ1v) is 7.26. The van der Waals surface area contributed by atoms with Gasteiger partial charge in [-0.1, -0.05) is 35.5 Å². The molecule has 2 N–H and O–H groups in total. The van der Waals surface area contributed by atoms with Crippen molar-refractivity contribution in [2.75, 3.05) is 26.7 Å². The minimum atomic E-state index is -0.337. The molecule has 2 rings (SSSR count). The Labute approximate surface area is 129 Å². The third kappa shape index (κ3) is 4.98. The number of aromatic nitrogens is 1. The number of nitrogens with zero attached hydrogens (tertiary/aromatic N) is 2. The van der Waals surface area contributed by atoms with E-state index in [2.05, 4.69) is 27.5 Å². The van der Waals surface area contributed by atoms with Gasteiger partial charge in [-0.05, 0) is 19.0 Å². The van der Waals surface area contributed by atoms with Crippen molar-refractivity contribution >= 4 is 5.91 Å². The lowest BCUT2D eigenvalue weighted by atomic mass is 10.1. The second-order valence-corrected chi connectivity index (χ2v) is 5.13. The Morgan fingerprint density at radius 1 is 1.36 bits per heavy atom. The molecule has 0 atom stereocenters. The number of likely N-dealkylation sites (N-methyl/N-ethyl adjacent to an activating group) is 1. The van der Waals surface area contributed by atoms with Crippen molar-refractivity contribution in [1.29, 1.82) is 0 Å². The van der Waals surface area contributed by atoms with E-state index >= 15 is 0 Å². The van der Waals surface area contributed by atoms with Gasteiger partial charge in [0.2, 0.25) is 0 Å². The summed E-state index contributed by atoms with van der Waals surface area (Å²) >= 11 is 0. The molecule has 0 saturated carbocycles. The zero-order valence-electron chi connectivity index (χ0n) is 12.7. The van der Waals surface area contributed by atoms with Crippen LogP contribution < -0.4 is 5.32 Å². The van der Waals surface area contributed by atoms with E-state index in [1.807, 2.05) is 25.2 Å². The van der Waals surface area contributed by atoms with E-state index in [1.54, 1.807) is 6.07 Å². The molecule has 0 fully saturated rings. The number of hydrogen-bond acceptors (Lipinski definition) is 5. The summed E-state index contributed by atoms with van der Waals surface area (Å²) in [5.41, 5.74) is 1.52. The number of rotatable bonds is 8. The van der Waals surface area contributed by atoms with Gasteiger partial charge in [-0.3, -0.25) is 9.69 Å². The molecule has 22 heavy (non-hydrogen) atoms. The number of carbonyl (C=O) groups excluding carboxylic acids is 1. The largest absolute Gasteiger partial charge is 0.395 e. The second-order valence-electron chi connectivity index (χ2n) is 5.13. The summed E-state index contributed by atoms with van der Waals surface area (Å²) < 4.78 is 5.17. The highest BCUT2D eigenvalue weighted by Gasteiger charge is 2.13. The molecule has 2 aromatic rings. The predicted octanol–water partition coefficient (Wildman–Crippen LogP) is 1.07. The molecular formula is C16H21N3O3. The minimum absolute atomic E-state index is 0.0985. The number of aliphatic hydroxyl groups excluding tert-OH is 1. The second kappa shape index (κ2) is 8.31. The van der Waals surface area contributed by atoms with Crippen LogP contribution in [0.5, 0.6) is 0 Å². The van der Waals surface area contributed by atoms with Gasteiger partial charge in [0.05, 0.1) is 13.2 Å². The maximum Gasteiger partial charge on any atom is 0.273 e. The lowest BCUT2D eigenvalue weighted by molar-refractivity contribution is 0.0935. The quantitative estimate of drug-likeness (QED) is 0.763. The molecule has 6 nitrogen and oxygen atoms in total. The minimum Gasteiger partial charge on any atom is -0.395 e. The van der Waals surface area contributed by atoms with Crippen molar-refractivity contribution in [1.82, 2.24) is 15.4 Å². The molecular weight excluding hydrogens is 282 g/mol. The topological polar surface area (TPSA) is 78.6 Å². The fourth-order valence-corrected chi connectivity index (χ4v) is 2.06. The highest BCUT2D eigenvalue weighted by molar-refractivity contribution is 5.92. The van der Waals surface area contributed by atoms with Crippen molar-refractivity contribution in [3.63, 3.8) is 0 Å². The van der Waals surface area contributed by atoms with Crippen LogP contribution in [0.2, 0.25) is 0 Å². The number of carbonyl (C=O) groups is 1. The van der Waals surface area contributed by atoms with Crippen LogP contribution in [0.3, 0.4) is 0 Å². The maximum atomic E-state index is 11.7. The molecule has 0 unspecified atom stereocenters. The molecule has 0 aliphatic carbocycles. The summed E-state index contributed by atoms with van der Waals surface area (Å²) in [4.78, 5) is 13.8. The van der Waals surface area contributed by atoms with Gasteiger partial charge in [-0.2, -0.15) is 0 Å². The first-order chi connectivity index (χ1) is 10.7. The number of amides is 1. The smallest absolute Gasteiger partial charge is 0.273 e. The summed E-state index contributed by atoms with van der Waals surface area (Å²) in [7, 11) is 2.00. The molecule has 0 bridgehead atoms. The first kappa shape index (κ1) is 16.2. The van der Waals surface area contributed by atoms with Gasteiger partial charge in [-0.25, -0.2) is 0 Å². The fraction of sp³-hybridized carbons (Fsp3) is 0.375. The Morgan fingerprint density at radius 3 is 2.86 bits per heavy atom.